The summed E-state index contributed by atoms with van der Waals surface area (Å²) >= 11 is 1.83. The summed E-state index contributed by atoms with van der Waals surface area (Å²) < 4.78 is 56.2. The van der Waals surface area contributed by atoms with Crippen LogP contribution in [-0.2, 0) is 71.3 Å². The number of nitrogens with one attached hydrogen (secondary N) is 3. The average Bonchev–Trinajstić information content (AvgIpc) is 3.68. The summed E-state index contributed by atoms with van der Waals surface area (Å²) in [4.78, 5) is 83.4. The van der Waals surface area contributed by atoms with Crippen LogP contribution in [0.15, 0.2) is 0 Å². The molecule has 4 aliphatic rings. The molecule has 0 aromatic rings. The third-order valence-corrected chi connectivity index (χ3v) is 10.4. The Hall–Kier alpha value is -3.96. The zero-order valence-corrected chi connectivity index (χ0v) is 33.0. The molecule has 0 saturated carbocycles. The highest BCUT2D eigenvalue weighted by molar-refractivity contribution is 8.00. The second kappa shape index (κ2) is 22.8. The van der Waals surface area contributed by atoms with Gasteiger partial charge < -0.3 is 69.1 Å². The van der Waals surface area contributed by atoms with Gasteiger partial charge in [0.1, 0.15) is 31.5 Å². The topological polar surface area (TPSA) is 274 Å². The summed E-state index contributed by atoms with van der Waals surface area (Å²) in [6, 6.07) is 0.166. The fourth-order valence-corrected chi connectivity index (χ4v) is 8.08. The number of esters is 4. The number of carbonyl (C=O) groups excluding carboxylic acids is 7. The van der Waals surface area contributed by atoms with Crippen molar-refractivity contribution in [3.63, 3.8) is 0 Å². The Morgan fingerprint density at radius 3 is 2.26 bits per heavy atom. The van der Waals surface area contributed by atoms with Crippen LogP contribution in [0, 0.1) is 12.8 Å². The summed E-state index contributed by atoms with van der Waals surface area (Å²) in [5.41, 5.74) is 5.23. The molecule has 4 aliphatic heterocycles. The maximum Gasteiger partial charge on any atom is 0.404 e. The smallest absolute Gasteiger partial charge is 0.404 e. The molecular formula is C35H52N4O17S. The van der Waals surface area contributed by atoms with Crippen LogP contribution >= 0.6 is 11.8 Å². The van der Waals surface area contributed by atoms with Gasteiger partial charge in [-0.05, 0) is 12.8 Å². The number of ether oxygens (including phenoxy) is 10. The fraction of sp³-hybridized carbons (Fsp3) is 0.743. The molecule has 0 bridgehead atoms. The normalized spacial score (nSPS) is 30.5. The third-order valence-electron chi connectivity index (χ3n) is 8.86. The van der Waals surface area contributed by atoms with E-state index in [1.165, 1.54) is 19.8 Å². The SMILES string of the molecule is CC(=O)OC[C@H]1[CH][C@H](OC(N)=O)[CH][C@@H](O[C@@H]2[C@H](OCCOCCNC(=O)CCCC[C@@H]3SC[C@@H]4NC(=O)N[C@@H]43)O[C@@H](COC(C)=O)[C@@H](OC(C)=O)[C@@H]2OC(C)=O)O1. The quantitative estimate of drug-likeness (QED) is 0.0494. The number of unbranched alkanes of at least 4 members (excludes halogenated alkanes) is 1. The molecule has 2 radical (unpaired) electrons. The first-order valence-corrected chi connectivity index (χ1v) is 19.6. The Bertz CT molecular complexity index is 1410. The third kappa shape index (κ3) is 15.4. The molecule has 0 spiro atoms. The molecule has 4 saturated heterocycles. The zero-order chi connectivity index (χ0) is 41.5. The number of nitrogens with two attached hydrogens (primary N) is 1. The van der Waals surface area contributed by atoms with Crippen molar-refractivity contribution in [1.82, 2.24) is 16.0 Å². The molecule has 4 amide bonds. The minimum absolute atomic E-state index is 0.00921. The first-order chi connectivity index (χ1) is 27.2. The lowest BCUT2D eigenvalue weighted by Gasteiger charge is -2.46. The van der Waals surface area contributed by atoms with Crippen molar-refractivity contribution >= 4 is 53.7 Å². The number of hydrogen-bond donors (Lipinski definition) is 4. The van der Waals surface area contributed by atoms with Crippen LogP contribution in [0.5, 0.6) is 0 Å². The van der Waals surface area contributed by atoms with E-state index in [0.717, 1.165) is 39.4 Å². The lowest BCUT2D eigenvalue weighted by atomic mass is 9.97. The monoisotopic (exact) mass is 832 g/mol. The minimum Gasteiger partial charge on any atom is -0.463 e. The van der Waals surface area contributed by atoms with Crippen LogP contribution < -0.4 is 21.7 Å². The maximum absolute atomic E-state index is 12.4. The summed E-state index contributed by atoms with van der Waals surface area (Å²) in [7, 11) is 0. The number of primary amides is 1. The van der Waals surface area contributed by atoms with Gasteiger partial charge in [0.05, 0.1) is 38.3 Å². The predicted molar refractivity (Wildman–Crippen MR) is 193 cm³/mol. The maximum atomic E-state index is 12.4. The molecule has 4 heterocycles. The molecule has 0 aromatic heterocycles. The Morgan fingerprint density at radius 2 is 1.56 bits per heavy atom. The molecule has 320 valence electrons. The predicted octanol–water partition coefficient (Wildman–Crippen LogP) is -0.441. The number of hydrogen-bond acceptors (Lipinski definition) is 18. The van der Waals surface area contributed by atoms with Crippen LogP contribution in [-0.4, -0.2) is 154 Å². The molecule has 22 heteroatoms. The Kier molecular flexibility index (Phi) is 18.3. The first kappa shape index (κ1) is 45.7. The highest BCUT2D eigenvalue weighted by Gasteiger charge is 2.53. The van der Waals surface area contributed by atoms with E-state index in [1.54, 1.807) is 0 Å². The van der Waals surface area contributed by atoms with Crippen LogP contribution in [0.4, 0.5) is 9.59 Å². The van der Waals surface area contributed by atoms with E-state index in [4.69, 9.17) is 53.1 Å². The van der Waals surface area contributed by atoms with E-state index in [-0.39, 0.29) is 57.0 Å². The van der Waals surface area contributed by atoms with E-state index >= 15 is 0 Å². The zero-order valence-electron chi connectivity index (χ0n) is 32.2. The number of rotatable bonds is 21. The number of carbonyl (C=O) groups is 7. The van der Waals surface area contributed by atoms with E-state index in [9.17, 15) is 33.6 Å². The van der Waals surface area contributed by atoms with Crippen LogP contribution in [0.3, 0.4) is 0 Å². The molecule has 0 aliphatic carbocycles. The van der Waals surface area contributed by atoms with Gasteiger partial charge in [0.25, 0.3) is 0 Å². The molecule has 21 nitrogen and oxygen atoms in total. The van der Waals surface area contributed by atoms with Gasteiger partial charge in [0.2, 0.25) is 5.91 Å². The van der Waals surface area contributed by atoms with Gasteiger partial charge in [-0.15, -0.1) is 0 Å². The average molecular weight is 833 g/mol. The largest absolute Gasteiger partial charge is 0.463 e. The highest BCUT2D eigenvalue weighted by Crippen LogP contribution is 2.34. The molecule has 11 atom stereocenters. The van der Waals surface area contributed by atoms with E-state index < -0.39 is 85.8 Å². The highest BCUT2D eigenvalue weighted by atomic mass is 32.2. The number of urea groups is 1. The standard InChI is InChI=1S/C35H52N4O17S/c1-18(40)49-15-23-13-22(54-34(36)45)14-28(53-23)56-32-31(52-21(4)43)30(51-20(3)42)25(16-50-19(2)41)55-33(32)48-12-11-47-10-9-37-27(44)8-6-5-7-26-29-24(17-57-26)38-35(46)39-29/h13-14,22-26,28-33H,5-12,15-17H2,1-4H3,(H2,36,45)(H,37,44)(H2,38,39,46)/t22-,23+,24-,25-,26-,28+,29-,30+,31-,32-,33+/m0/s1. The van der Waals surface area contributed by atoms with Gasteiger partial charge in [-0.25, -0.2) is 9.59 Å². The van der Waals surface area contributed by atoms with Crippen LogP contribution in [0.1, 0.15) is 53.4 Å². The summed E-state index contributed by atoms with van der Waals surface area (Å²) in [5.74, 6) is -2.08. The lowest BCUT2D eigenvalue weighted by Crippen LogP contribution is -2.63. The molecule has 4 rings (SSSR count). The number of amides is 4. The van der Waals surface area contributed by atoms with Gasteiger partial charge in [-0.2, -0.15) is 11.8 Å². The molecule has 4 fully saturated rings. The van der Waals surface area contributed by atoms with Gasteiger partial charge in [-0.1, -0.05) is 6.42 Å². The van der Waals surface area contributed by atoms with Crippen molar-refractivity contribution in [3.8, 4) is 0 Å². The second-order valence-electron chi connectivity index (χ2n) is 13.4. The van der Waals surface area contributed by atoms with E-state index in [0.29, 0.717) is 18.1 Å². The fourth-order valence-electron chi connectivity index (χ4n) is 6.53. The van der Waals surface area contributed by atoms with E-state index in [1.807, 2.05) is 11.8 Å². The minimum atomic E-state index is -1.43. The van der Waals surface area contributed by atoms with Gasteiger partial charge >= 0.3 is 36.0 Å². The van der Waals surface area contributed by atoms with Crippen molar-refractivity contribution in [1.29, 1.82) is 0 Å². The Balaban J connectivity index is 1.33. The van der Waals surface area contributed by atoms with Crippen LogP contribution in [0.2, 0.25) is 0 Å². The molecule has 0 unspecified atom stereocenters. The van der Waals surface area contributed by atoms with Gasteiger partial charge in [-0.3, -0.25) is 24.0 Å². The number of thioether (sulfide) groups is 1. The lowest BCUT2D eigenvalue weighted by molar-refractivity contribution is -0.338. The summed E-state index contributed by atoms with van der Waals surface area (Å²) in [5, 5.41) is 9.03. The molecule has 0 aromatic carbocycles. The Morgan fingerprint density at radius 1 is 0.842 bits per heavy atom. The number of fused-ring (bicyclic) bond motifs is 1. The first-order valence-electron chi connectivity index (χ1n) is 18.6. The second-order valence-corrected chi connectivity index (χ2v) is 14.7. The molecule has 57 heavy (non-hydrogen) atoms. The molecule has 5 N–H and O–H groups in total. The summed E-state index contributed by atoms with van der Waals surface area (Å²) in [6.07, 6.45) is -5.80. The van der Waals surface area contributed by atoms with Crippen molar-refractivity contribution in [2.24, 2.45) is 5.73 Å². The van der Waals surface area contributed by atoms with Crippen molar-refractivity contribution in [3.05, 3.63) is 12.8 Å². The van der Waals surface area contributed by atoms with Gasteiger partial charge in [0, 0.05) is 58.1 Å². The van der Waals surface area contributed by atoms with Crippen molar-refractivity contribution < 1.29 is 80.9 Å². The summed E-state index contributed by atoms with van der Waals surface area (Å²) in [6.45, 7) is 4.16. The van der Waals surface area contributed by atoms with E-state index in [2.05, 4.69) is 16.0 Å². The van der Waals surface area contributed by atoms with Crippen molar-refractivity contribution in [2.45, 2.75) is 120 Å². The van der Waals surface area contributed by atoms with Gasteiger partial charge in [0.15, 0.2) is 30.9 Å². The van der Waals surface area contributed by atoms with Crippen LogP contribution in [0.25, 0.3) is 0 Å². The Labute approximate surface area is 334 Å². The molecular weight excluding hydrogens is 780 g/mol. The van der Waals surface area contributed by atoms with Crippen molar-refractivity contribution in [2.75, 3.05) is 45.3 Å².